The molecular weight excluding hydrogens is 522 g/mol. The van der Waals surface area contributed by atoms with Gasteiger partial charge in [0.1, 0.15) is 29.5 Å². The summed E-state index contributed by atoms with van der Waals surface area (Å²) in [6.45, 7) is 7.07. The van der Waals surface area contributed by atoms with Gasteiger partial charge in [-0.15, -0.1) is 6.42 Å². The second-order valence-corrected chi connectivity index (χ2v) is 10.9. The van der Waals surface area contributed by atoms with Gasteiger partial charge in [0, 0.05) is 45.3 Å². The Bertz CT molecular complexity index is 1420. The Morgan fingerprint density at radius 1 is 1.17 bits per heavy atom. The van der Waals surface area contributed by atoms with Crippen LogP contribution in [0.15, 0.2) is 30.7 Å². The second-order valence-electron chi connectivity index (χ2n) is 10.9. The van der Waals surface area contributed by atoms with Crippen molar-refractivity contribution in [3.63, 3.8) is 0 Å². The van der Waals surface area contributed by atoms with Gasteiger partial charge in [-0.2, -0.15) is 5.10 Å². The standard InChI is InChI=1S/C28H33N7O4.2CH4.H2/c1-6-11-38-24-13-21-18(16-33(5)32-21)12-22(24)31-26(36)23-14-30-25(15-29-23)34-10-9-20(17-34)35(19-7-8-19)27(37)39-28(2,3)4;;;/h1,12-16,19-20H,7-11,17H2,2-5H3,(H,31,36);2*1H4;1H/t20-;;;/m1.../s1. The van der Waals surface area contributed by atoms with E-state index in [1.54, 1.807) is 23.0 Å². The third-order valence-electron chi connectivity index (χ3n) is 6.58. The summed E-state index contributed by atoms with van der Waals surface area (Å²) in [4.78, 5) is 38.8. The normalized spacial score (nSPS) is 16.3. The smallest absolute Gasteiger partial charge is 0.410 e. The third-order valence-corrected chi connectivity index (χ3v) is 6.58. The first-order valence-corrected chi connectivity index (χ1v) is 13.0. The van der Waals surface area contributed by atoms with Crippen LogP contribution in [0.25, 0.3) is 10.9 Å². The van der Waals surface area contributed by atoms with E-state index in [-0.39, 0.29) is 46.8 Å². The predicted octanol–water partition coefficient (Wildman–Crippen LogP) is 5.12. The molecule has 1 atom stereocenters. The lowest BCUT2D eigenvalue weighted by molar-refractivity contribution is 0.0158. The minimum absolute atomic E-state index is 0. The maximum atomic E-state index is 13.0. The van der Waals surface area contributed by atoms with E-state index in [1.807, 2.05) is 38.9 Å². The lowest BCUT2D eigenvalue weighted by Crippen LogP contribution is -2.46. The van der Waals surface area contributed by atoms with E-state index < -0.39 is 11.5 Å². The fraction of sp³-hybridized carbons (Fsp3) is 0.500. The van der Waals surface area contributed by atoms with Gasteiger partial charge >= 0.3 is 6.09 Å². The Kier molecular flexibility index (Phi) is 9.48. The number of fused-ring (bicyclic) bond motifs is 1. The van der Waals surface area contributed by atoms with Crippen molar-refractivity contribution in [1.29, 1.82) is 0 Å². The second kappa shape index (κ2) is 12.5. The molecule has 2 aromatic heterocycles. The number of carbonyl (C=O) groups excluding carboxylic acids is 2. The highest BCUT2D eigenvalue weighted by Crippen LogP contribution is 2.34. The van der Waals surface area contributed by atoms with Gasteiger partial charge in [-0.3, -0.25) is 9.48 Å². The number of terminal acetylenes is 1. The largest absolute Gasteiger partial charge is 0.479 e. The van der Waals surface area contributed by atoms with E-state index in [2.05, 4.69) is 31.2 Å². The molecule has 0 unspecified atom stereocenters. The topological polar surface area (TPSA) is 115 Å². The number of nitrogens with zero attached hydrogens (tertiary/aromatic N) is 6. The molecule has 1 aliphatic heterocycles. The number of aryl methyl sites for hydroxylation is 1. The number of benzene rings is 1. The zero-order valence-corrected chi connectivity index (χ0v) is 22.7. The van der Waals surface area contributed by atoms with Gasteiger partial charge in [0.05, 0.1) is 29.6 Å². The molecule has 2 aliphatic rings. The monoisotopic (exact) mass is 565 g/mol. The third kappa shape index (κ3) is 7.25. The molecule has 1 saturated heterocycles. The van der Waals surface area contributed by atoms with Crippen LogP contribution < -0.4 is 15.0 Å². The van der Waals surface area contributed by atoms with Gasteiger partial charge in [-0.05, 0) is 46.1 Å². The Morgan fingerprint density at radius 3 is 2.56 bits per heavy atom. The van der Waals surface area contributed by atoms with Crippen LogP contribution in [0.3, 0.4) is 0 Å². The summed E-state index contributed by atoms with van der Waals surface area (Å²) in [6.07, 6.45) is 12.8. The molecule has 222 valence electrons. The molecule has 1 aliphatic carbocycles. The average Bonchev–Trinajstić information content (AvgIpc) is 3.46. The number of anilines is 2. The van der Waals surface area contributed by atoms with Crippen LogP contribution in [0.1, 0.15) is 66.8 Å². The molecule has 1 N–H and O–H groups in total. The summed E-state index contributed by atoms with van der Waals surface area (Å²) in [5.41, 5.74) is 0.813. The van der Waals surface area contributed by atoms with E-state index in [0.717, 1.165) is 36.7 Å². The van der Waals surface area contributed by atoms with Crippen LogP contribution in [-0.4, -0.2) is 74.0 Å². The van der Waals surface area contributed by atoms with Gasteiger partial charge in [-0.1, -0.05) is 20.8 Å². The Morgan fingerprint density at radius 2 is 1.93 bits per heavy atom. The molecule has 11 nitrogen and oxygen atoms in total. The summed E-state index contributed by atoms with van der Waals surface area (Å²) in [7, 11) is 1.82. The van der Waals surface area contributed by atoms with E-state index in [1.165, 1.54) is 6.20 Å². The molecular formula is C30H43N7O4. The van der Waals surface area contributed by atoms with Crippen molar-refractivity contribution in [3.8, 4) is 18.1 Å². The summed E-state index contributed by atoms with van der Waals surface area (Å²) in [6, 6.07) is 3.81. The van der Waals surface area contributed by atoms with Gasteiger partial charge < -0.3 is 24.6 Å². The first kappa shape index (κ1) is 31.2. The van der Waals surface area contributed by atoms with Crippen molar-refractivity contribution < 1.29 is 20.5 Å². The van der Waals surface area contributed by atoms with Crippen molar-refractivity contribution in [3.05, 3.63) is 36.4 Å². The van der Waals surface area contributed by atoms with Gasteiger partial charge in [0.25, 0.3) is 5.91 Å². The molecule has 5 rings (SSSR count). The number of hydrogen-bond acceptors (Lipinski definition) is 8. The molecule has 11 heteroatoms. The Balaban J connectivity index is 0.00000205. The number of amides is 2. The van der Waals surface area contributed by atoms with Crippen molar-refractivity contribution in [2.24, 2.45) is 7.05 Å². The molecule has 0 bridgehead atoms. The van der Waals surface area contributed by atoms with Crippen LogP contribution in [-0.2, 0) is 11.8 Å². The van der Waals surface area contributed by atoms with Crippen molar-refractivity contribution in [2.45, 2.75) is 72.6 Å². The molecule has 3 heterocycles. The Labute approximate surface area is 243 Å². The van der Waals surface area contributed by atoms with Crippen LogP contribution in [0.2, 0.25) is 0 Å². The van der Waals surface area contributed by atoms with Crippen LogP contribution in [0.4, 0.5) is 16.3 Å². The van der Waals surface area contributed by atoms with E-state index in [0.29, 0.717) is 23.8 Å². The number of ether oxygens (including phenoxy) is 2. The van der Waals surface area contributed by atoms with Gasteiger partial charge in [0.15, 0.2) is 0 Å². The van der Waals surface area contributed by atoms with E-state index in [4.69, 9.17) is 15.9 Å². The maximum absolute atomic E-state index is 13.0. The lowest BCUT2D eigenvalue weighted by Gasteiger charge is -2.31. The summed E-state index contributed by atoms with van der Waals surface area (Å²) < 4.78 is 13.0. The molecule has 0 spiro atoms. The molecule has 1 aromatic carbocycles. The SMILES string of the molecule is C.C.C#CCOc1cc2nn(C)cc2cc1NC(=O)c1cnc(N2CC[C@@H](N(C(=O)OC(C)(C)C)C3CC3)C2)cn1.[HH]. The van der Waals surface area contributed by atoms with E-state index >= 15 is 0 Å². The zero-order valence-electron chi connectivity index (χ0n) is 22.7. The minimum Gasteiger partial charge on any atom is -0.479 e. The Hall–Kier alpha value is -4.33. The number of nitrogens with one attached hydrogen (secondary N) is 1. The minimum atomic E-state index is -0.539. The highest BCUT2D eigenvalue weighted by Gasteiger charge is 2.42. The first-order valence-electron chi connectivity index (χ1n) is 13.0. The number of rotatable bonds is 7. The summed E-state index contributed by atoms with van der Waals surface area (Å²) in [5.74, 6) is 3.09. The van der Waals surface area contributed by atoms with Gasteiger partial charge in [0.2, 0.25) is 0 Å². The first-order chi connectivity index (χ1) is 18.6. The molecule has 0 radical (unpaired) electrons. The van der Waals surface area contributed by atoms with Crippen LogP contribution in [0, 0.1) is 12.3 Å². The molecule has 41 heavy (non-hydrogen) atoms. The predicted molar refractivity (Wildman–Crippen MR) is 162 cm³/mol. The molecule has 1 saturated carbocycles. The lowest BCUT2D eigenvalue weighted by atomic mass is 10.2. The number of aromatic nitrogens is 4. The highest BCUT2D eigenvalue weighted by atomic mass is 16.6. The van der Waals surface area contributed by atoms with Crippen LogP contribution in [0.5, 0.6) is 5.75 Å². The molecule has 2 amide bonds. The van der Waals surface area contributed by atoms with Crippen LogP contribution >= 0.6 is 0 Å². The van der Waals surface area contributed by atoms with Crippen molar-refractivity contribution in [1.82, 2.24) is 24.6 Å². The quantitative estimate of drug-likeness (QED) is 0.393. The zero-order chi connectivity index (χ0) is 27.7. The van der Waals surface area contributed by atoms with Crippen molar-refractivity contribution >= 4 is 34.4 Å². The highest BCUT2D eigenvalue weighted by molar-refractivity contribution is 6.04. The molecule has 2 fully saturated rings. The fourth-order valence-corrected chi connectivity index (χ4v) is 4.74. The number of carbonyl (C=O) groups is 2. The van der Waals surface area contributed by atoms with Gasteiger partial charge in [-0.25, -0.2) is 14.8 Å². The van der Waals surface area contributed by atoms with Crippen molar-refractivity contribution in [2.75, 3.05) is 29.9 Å². The summed E-state index contributed by atoms with van der Waals surface area (Å²) >= 11 is 0. The average molecular weight is 566 g/mol. The van der Waals surface area contributed by atoms with E-state index in [9.17, 15) is 9.59 Å². The number of hydrogen-bond donors (Lipinski definition) is 1. The fourth-order valence-electron chi connectivity index (χ4n) is 4.74. The molecule has 3 aromatic rings. The maximum Gasteiger partial charge on any atom is 0.410 e. The summed E-state index contributed by atoms with van der Waals surface area (Å²) in [5, 5.41) is 8.08.